The van der Waals surface area contributed by atoms with Gasteiger partial charge in [-0.1, -0.05) is 11.6 Å². The van der Waals surface area contributed by atoms with Gasteiger partial charge in [0.05, 0.1) is 10.8 Å². The Kier molecular flexibility index (Phi) is 4.51. The van der Waals surface area contributed by atoms with Crippen molar-refractivity contribution in [3.63, 3.8) is 0 Å². The molecular weight excluding hydrogens is 357 g/mol. The number of carbonyl (C=O) groups excluding carboxylic acids is 1. The maximum Gasteiger partial charge on any atom is 0.330 e. The van der Waals surface area contributed by atoms with Gasteiger partial charge in [0.25, 0.3) is 5.56 Å². The molecule has 1 saturated carbocycles. The summed E-state index contributed by atoms with van der Waals surface area (Å²) >= 11 is 6.79. The van der Waals surface area contributed by atoms with E-state index >= 15 is 0 Å². The van der Waals surface area contributed by atoms with E-state index in [1.54, 1.807) is 0 Å². The number of rotatable bonds is 5. The third kappa shape index (κ3) is 3.25. The Morgan fingerprint density at radius 1 is 1.42 bits per heavy atom. The lowest BCUT2D eigenvalue weighted by molar-refractivity contribution is 0.102. The highest BCUT2D eigenvalue weighted by atomic mass is 35.5. The van der Waals surface area contributed by atoms with Gasteiger partial charge in [0.15, 0.2) is 5.78 Å². The summed E-state index contributed by atoms with van der Waals surface area (Å²) in [6.07, 6.45) is 1.57. The summed E-state index contributed by atoms with van der Waals surface area (Å²) in [6, 6.07) is 4.01. The van der Waals surface area contributed by atoms with Crippen molar-refractivity contribution in [1.29, 1.82) is 0 Å². The summed E-state index contributed by atoms with van der Waals surface area (Å²) < 4.78 is 14.4. The van der Waals surface area contributed by atoms with Gasteiger partial charge >= 0.3 is 5.69 Å². The number of Topliss-reactive ketones (excluding diaryl/α,β-unsaturated/α-hetero) is 1. The van der Waals surface area contributed by atoms with E-state index in [-0.39, 0.29) is 28.2 Å². The van der Waals surface area contributed by atoms with Gasteiger partial charge in [-0.25, -0.2) is 9.18 Å². The number of nitrogens with two attached hydrogens (primary N) is 1. The average Bonchev–Trinajstić information content (AvgIpc) is 3.32. The molecule has 3 rings (SSSR count). The molecule has 0 saturated heterocycles. The second kappa shape index (κ2) is 6.45. The monoisotopic (exact) mass is 369 g/mol. The number of hydrogen-bond acceptors (Lipinski definition) is 5. The Balaban J connectivity index is 1.85. The fraction of sp³-hybridized carbons (Fsp3) is 0.267. The number of H-pyrrole nitrogens is 1. The number of aromatic nitrogens is 2. The molecule has 0 radical (unpaired) electrons. The van der Waals surface area contributed by atoms with Gasteiger partial charge in [0, 0.05) is 10.9 Å². The van der Waals surface area contributed by atoms with Crippen molar-refractivity contribution in [1.82, 2.24) is 9.55 Å². The first-order valence-electron chi connectivity index (χ1n) is 7.14. The molecule has 0 bridgehead atoms. The molecule has 0 spiro atoms. The molecule has 1 heterocycles. The van der Waals surface area contributed by atoms with E-state index in [0.717, 1.165) is 24.6 Å². The maximum absolute atomic E-state index is 13.1. The number of halogens is 2. The fourth-order valence-corrected chi connectivity index (χ4v) is 3.37. The van der Waals surface area contributed by atoms with Crippen molar-refractivity contribution in [3.8, 4) is 0 Å². The topological polar surface area (TPSA) is 98.0 Å². The van der Waals surface area contributed by atoms with E-state index in [1.807, 2.05) is 0 Å². The van der Waals surface area contributed by atoms with Gasteiger partial charge in [-0.3, -0.25) is 19.1 Å². The lowest BCUT2D eigenvalue weighted by Crippen LogP contribution is -2.36. The molecule has 1 aliphatic rings. The third-order valence-corrected chi connectivity index (χ3v) is 4.92. The van der Waals surface area contributed by atoms with Crippen LogP contribution in [-0.4, -0.2) is 21.1 Å². The van der Waals surface area contributed by atoms with Crippen molar-refractivity contribution in [2.75, 3.05) is 11.5 Å². The lowest BCUT2D eigenvalue weighted by Gasteiger charge is -2.11. The number of hydrogen-bond donors (Lipinski definition) is 2. The SMILES string of the molecule is Nc1c(C(=O)CSc2ccc(F)c(Cl)c2)c(=O)[nH]c(=O)n1C1CC1. The molecule has 1 aromatic carbocycles. The first kappa shape index (κ1) is 16.8. The standard InChI is InChI=1S/C15H13ClFN3O3S/c16-9-5-8(3-4-10(9)17)24-6-11(21)12-13(18)20(7-1-2-7)15(23)19-14(12)22/h3-5,7H,1-2,6,18H2,(H,19,22,23). The molecule has 0 aliphatic heterocycles. The highest BCUT2D eigenvalue weighted by Gasteiger charge is 2.29. The Labute approximate surface area is 144 Å². The predicted octanol–water partition coefficient (Wildman–Crippen LogP) is 2.22. The van der Waals surface area contributed by atoms with E-state index in [9.17, 15) is 18.8 Å². The van der Waals surface area contributed by atoms with E-state index in [0.29, 0.717) is 4.90 Å². The molecule has 3 N–H and O–H groups in total. The van der Waals surface area contributed by atoms with Crippen molar-refractivity contribution in [2.24, 2.45) is 0 Å². The lowest BCUT2D eigenvalue weighted by atomic mass is 10.2. The number of nitrogens with zero attached hydrogens (tertiary/aromatic N) is 1. The zero-order chi connectivity index (χ0) is 17.4. The van der Waals surface area contributed by atoms with Gasteiger partial charge in [0.2, 0.25) is 0 Å². The van der Waals surface area contributed by atoms with Gasteiger partial charge in [-0.05, 0) is 31.0 Å². The highest BCUT2D eigenvalue weighted by molar-refractivity contribution is 8.00. The molecule has 2 aromatic rings. The van der Waals surface area contributed by atoms with E-state index < -0.39 is 22.8 Å². The van der Waals surface area contributed by atoms with Crippen molar-refractivity contribution in [3.05, 3.63) is 55.4 Å². The second-order valence-corrected chi connectivity index (χ2v) is 6.86. The molecule has 0 amide bonds. The number of nitrogen functional groups attached to an aromatic ring is 1. The Bertz CT molecular complexity index is 937. The predicted molar refractivity (Wildman–Crippen MR) is 90.5 cm³/mol. The summed E-state index contributed by atoms with van der Waals surface area (Å²) in [5.74, 6) is -1.25. The van der Waals surface area contributed by atoms with Crippen LogP contribution in [0.1, 0.15) is 29.2 Å². The van der Waals surface area contributed by atoms with Crippen LogP contribution in [0.15, 0.2) is 32.7 Å². The number of nitrogens with one attached hydrogen (secondary N) is 1. The second-order valence-electron chi connectivity index (χ2n) is 5.41. The summed E-state index contributed by atoms with van der Waals surface area (Å²) in [5, 5.41) is -0.0490. The number of thioether (sulfide) groups is 1. The van der Waals surface area contributed by atoms with Crippen LogP contribution in [0, 0.1) is 5.82 Å². The van der Waals surface area contributed by atoms with Crippen LogP contribution in [0.2, 0.25) is 5.02 Å². The molecular formula is C15H13ClFN3O3S. The minimum Gasteiger partial charge on any atom is -0.384 e. The van der Waals surface area contributed by atoms with Crippen molar-refractivity contribution >= 4 is 35.0 Å². The molecule has 6 nitrogen and oxygen atoms in total. The molecule has 1 fully saturated rings. The minimum atomic E-state index is -0.794. The fourth-order valence-electron chi connectivity index (χ4n) is 2.32. The van der Waals surface area contributed by atoms with Crippen molar-refractivity contribution < 1.29 is 9.18 Å². The normalized spacial score (nSPS) is 13.9. The zero-order valence-corrected chi connectivity index (χ0v) is 13.9. The van der Waals surface area contributed by atoms with Crippen LogP contribution in [0.3, 0.4) is 0 Å². The zero-order valence-electron chi connectivity index (χ0n) is 12.3. The largest absolute Gasteiger partial charge is 0.384 e. The van der Waals surface area contributed by atoms with Crippen LogP contribution >= 0.6 is 23.4 Å². The van der Waals surface area contributed by atoms with E-state index in [1.165, 1.54) is 22.8 Å². The molecule has 0 unspecified atom stereocenters. The quantitative estimate of drug-likeness (QED) is 0.622. The van der Waals surface area contributed by atoms with Gasteiger partial charge in [-0.15, -0.1) is 11.8 Å². The Morgan fingerprint density at radius 2 is 2.12 bits per heavy atom. The Hall–Kier alpha value is -2.06. The number of aromatic amines is 1. The minimum absolute atomic E-state index is 0.0490. The van der Waals surface area contributed by atoms with Crippen LogP contribution in [0.25, 0.3) is 0 Å². The summed E-state index contributed by atoms with van der Waals surface area (Å²) in [7, 11) is 0. The first-order chi connectivity index (χ1) is 11.4. The smallest absolute Gasteiger partial charge is 0.330 e. The Morgan fingerprint density at radius 3 is 2.75 bits per heavy atom. The molecule has 1 aromatic heterocycles. The van der Waals surface area contributed by atoms with Crippen molar-refractivity contribution in [2.45, 2.75) is 23.8 Å². The average molecular weight is 370 g/mol. The van der Waals surface area contributed by atoms with Crippen LogP contribution < -0.4 is 17.0 Å². The highest BCUT2D eigenvalue weighted by Crippen LogP contribution is 2.35. The maximum atomic E-state index is 13.1. The van der Waals surface area contributed by atoms with Gasteiger partial charge < -0.3 is 5.73 Å². The number of anilines is 1. The first-order valence-corrected chi connectivity index (χ1v) is 8.50. The van der Waals surface area contributed by atoms with Crippen LogP contribution in [0.4, 0.5) is 10.2 Å². The summed E-state index contributed by atoms with van der Waals surface area (Å²) in [6.45, 7) is 0. The van der Waals surface area contributed by atoms with E-state index in [4.69, 9.17) is 17.3 Å². The van der Waals surface area contributed by atoms with E-state index in [2.05, 4.69) is 4.98 Å². The number of ketones is 1. The molecule has 0 atom stereocenters. The molecule has 24 heavy (non-hydrogen) atoms. The molecule has 126 valence electrons. The molecule has 9 heteroatoms. The molecule has 1 aliphatic carbocycles. The number of carbonyl (C=O) groups is 1. The van der Waals surface area contributed by atoms with Gasteiger partial charge in [-0.2, -0.15) is 0 Å². The third-order valence-electron chi connectivity index (χ3n) is 3.63. The van der Waals surface area contributed by atoms with Crippen LogP contribution in [-0.2, 0) is 0 Å². The number of benzene rings is 1. The summed E-state index contributed by atoms with van der Waals surface area (Å²) in [4.78, 5) is 38.9. The summed E-state index contributed by atoms with van der Waals surface area (Å²) in [5.41, 5.74) is 4.27. The van der Waals surface area contributed by atoms with Gasteiger partial charge in [0.1, 0.15) is 17.2 Å². The van der Waals surface area contributed by atoms with Crippen LogP contribution in [0.5, 0.6) is 0 Å².